The van der Waals surface area contributed by atoms with E-state index in [1.54, 1.807) is 11.7 Å². The number of amides is 2. The molecular formula is C15H23N5O3. The third-order valence-corrected chi connectivity index (χ3v) is 3.80. The first-order chi connectivity index (χ1) is 10.9. The fourth-order valence-electron chi connectivity index (χ4n) is 2.35. The van der Waals surface area contributed by atoms with Crippen molar-refractivity contribution >= 4 is 11.7 Å². The Morgan fingerprint density at radius 1 is 1.35 bits per heavy atom. The Hall–Kier alpha value is -2.51. The Labute approximate surface area is 135 Å². The second-order valence-corrected chi connectivity index (χ2v) is 5.38. The van der Waals surface area contributed by atoms with E-state index in [0.717, 1.165) is 35.6 Å². The van der Waals surface area contributed by atoms with Gasteiger partial charge < -0.3 is 19.9 Å². The smallest absolute Gasteiger partial charge is 0.319 e. The zero-order valence-corrected chi connectivity index (χ0v) is 14.2. The summed E-state index contributed by atoms with van der Waals surface area (Å²) in [6.07, 6.45) is 1.62. The number of carbonyl (C=O) groups is 1. The van der Waals surface area contributed by atoms with Crippen molar-refractivity contribution in [3.05, 3.63) is 22.7 Å². The highest BCUT2D eigenvalue weighted by Crippen LogP contribution is 2.26. The van der Waals surface area contributed by atoms with Gasteiger partial charge in [-0.3, -0.25) is 4.68 Å². The minimum atomic E-state index is -0.279. The average molecular weight is 321 g/mol. The number of nitrogens with one attached hydrogen (secondary N) is 2. The van der Waals surface area contributed by atoms with Crippen molar-refractivity contribution in [2.24, 2.45) is 7.05 Å². The average Bonchev–Trinajstić information content (AvgIpc) is 2.98. The summed E-state index contributed by atoms with van der Waals surface area (Å²) in [7, 11) is 3.32. The minimum absolute atomic E-state index is 0.279. The highest BCUT2D eigenvalue weighted by molar-refractivity contribution is 5.91. The molecule has 0 unspecified atom stereocenters. The van der Waals surface area contributed by atoms with Crippen LogP contribution in [-0.2, 0) is 13.5 Å². The van der Waals surface area contributed by atoms with Gasteiger partial charge in [-0.25, -0.2) is 4.79 Å². The van der Waals surface area contributed by atoms with Crippen molar-refractivity contribution in [1.29, 1.82) is 0 Å². The normalized spacial score (nSPS) is 10.7. The number of nitrogens with zero attached hydrogens (tertiary/aromatic N) is 3. The highest BCUT2D eigenvalue weighted by Gasteiger charge is 2.16. The maximum atomic E-state index is 12.0. The summed E-state index contributed by atoms with van der Waals surface area (Å²) in [5, 5.41) is 13.7. The topological polar surface area (TPSA) is 94.2 Å². The van der Waals surface area contributed by atoms with Gasteiger partial charge in [0.15, 0.2) is 0 Å². The van der Waals surface area contributed by atoms with E-state index in [1.165, 1.54) is 7.11 Å². The summed E-state index contributed by atoms with van der Waals surface area (Å²) in [6, 6.07) is -0.279. The molecule has 2 aromatic heterocycles. The molecule has 0 saturated carbocycles. The summed E-state index contributed by atoms with van der Waals surface area (Å²) in [5.74, 6) is 1.23. The Bertz CT molecular complexity index is 670. The molecule has 2 rings (SSSR count). The predicted octanol–water partition coefficient (Wildman–Crippen LogP) is 2.10. The summed E-state index contributed by atoms with van der Waals surface area (Å²) >= 11 is 0. The molecule has 0 aliphatic carbocycles. The summed E-state index contributed by atoms with van der Waals surface area (Å²) < 4.78 is 11.9. The first-order valence-electron chi connectivity index (χ1n) is 7.48. The largest absolute Gasteiger partial charge is 0.478 e. The first kappa shape index (κ1) is 16.9. The van der Waals surface area contributed by atoms with E-state index in [9.17, 15) is 4.79 Å². The molecule has 8 nitrogen and oxygen atoms in total. The quantitative estimate of drug-likeness (QED) is 0.795. The molecule has 8 heteroatoms. The molecule has 2 N–H and O–H groups in total. The molecule has 2 amide bonds. The second kappa shape index (κ2) is 7.17. The zero-order chi connectivity index (χ0) is 17.0. The maximum Gasteiger partial charge on any atom is 0.319 e. The van der Waals surface area contributed by atoms with E-state index in [1.807, 2.05) is 20.8 Å². The molecular weight excluding hydrogens is 298 g/mol. The van der Waals surface area contributed by atoms with Crippen LogP contribution in [0.4, 0.5) is 10.5 Å². The van der Waals surface area contributed by atoms with Gasteiger partial charge in [-0.2, -0.15) is 0 Å². The lowest BCUT2D eigenvalue weighted by Gasteiger charge is -2.08. The second-order valence-electron chi connectivity index (χ2n) is 5.38. The molecule has 0 aromatic carbocycles. The zero-order valence-electron chi connectivity index (χ0n) is 14.2. The van der Waals surface area contributed by atoms with Gasteiger partial charge in [0.05, 0.1) is 18.5 Å². The number of urea groups is 1. The molecule has 0 aliphatic heterocycles. The van der Waals surface area contributed by atoms with Gasteiger partial charge in [0.25, 0.3) is 5.88 Å². The van der Waals surface area contributed by atoms with Crippen LogP contribution in [0.5, 0.6) is 5.88 Å². The van der Waals surface area contributed by atoms with E-state index in [0.29, 0.717) is 18.1 Å². The maximum absolute atomic E-state index is 12.0. The van der Waals surface area contributed by atoms with Gasteiger partial charge in [0.2, 0.25) is 0 Å². The van der Waals surface area contributed by atoms with Crippen molar-refractivity contribution in [1.82, 2.24) is 20.3 Å². The van der Waals surface area contributed by atoms with Gasteiger partial charge in [0.1, 0.15) is 11.4 Å². The molecule has 0 fully saturated rings. The van der Waals surface area contributed by atoms with E-state index in [2.05, 4.69) is 20.9 Å². The van der Waals surface area contributed by atoms with Crippen LogP contribution in [0.15, 0.2) is 4.52 Å². The molecule has 0 saturated heterocycles. The van der Waals surface area contributed by atoms with Gasteiger partial charge >= 0.3 is 6.03 Å². The lowest BCUT2D eigenvalue weighted by Crippen LogP contribution is -2.30. The molecule has 23 heavy (non-hydrogen) atoms. The standard InChI is InChI=1S/C15H23N5O3/c1-9-12(11(3)23-19-9)7-6-8-16-15(21)17-13-10(2)20(4)18-14(13)22-5/h6-8H2,1-5H3,(H2,16,17,21). The number of aryl methyl sites for hydroxylation is 3. The predicted molar refractivity (Wildman–Crippen MR) is 85.8 cm³/mol. The molecule has 0 aliphatic rings. The molecule has 0 bridgehead atoms. The SMILES string of the molecule is COc1nn(C)c(C)c1NC(=O)NCCCc1c(C)noc1C. The van der Waals surface area contributed by atoms with E-state index >= 15 is 0 Å². The molecule has 126 valence electrons. The Kier molecular flexibility index (Phi) is 5.25. The van der Waals surface area contributed by atoms with E-state index < -0.39 is 0 Å². The van der Waals surface area contributed by atoms with Crippen LogP contribution in [0.1, 0.15) is 29.1 Å². The van der Waals surface area contributed by atoms with Crippen LogP contribution in [0.25, 0.3) is 0 Å². The third-order valence-electron chi connectivity index (χ3n) is 3.80. The number of anilines is 1. The number of ether oxygens (including phenoxy) is 1. The van der Waals surface area contributed by atoms with Crippen molar-refractivity contribution in [2.45, 2.75) is 33.6 Å². The van der Waals surface area contributed by atoms with Crippen molar-refractivity contribution in [3.8, 4) is 5.88 Å². The lowest BCUT2D eigenvalue weighted by molar-refractivity contribution is 0.252. The van der Waals surface area contributed by atoms with Crippen molar-refractivity contribution < 1.29 is 14.1 Å². The summed E-state index contributed by atoms with van der Waals surface area (Å²) in [4.78, 5) is 12.0. The number of hydrogen-bond acceptors (Lipinski definition) is 5. The minimum Gasteiger partial charge on any atom is -0.478 e. The van der Waals surface area contributed by atoms with Gasteiger partial charge in [0, 0.05) is 19.2 Å². The number of methoxy groups -OCH3 is 1. The summed E-state index contributed by atoms with van der Waals surface area (Å²) in [5.41, 5.74) is 3.42. The van der Waals surface area contributed by atoms with Gasteiger partial charge in [-0.05, 0) is 33.6 Å². The first-order valence-corrected chi connectivity index (χ1v) is 7.48. The highest BCUT2D eigenvalue weighted by atomic mass is 16.5. The van der Waals surface area contributed by atoms with Crippen LogP contribution in [-0.4, -0.2) is 34.6 Å². The van der Waals surface area contributed by atoms with E-state index in [-0.39, 0.29) is 6.03 Å². The molecule has 2 aromatic rings. The third kappa shape index (κ3) is 3.82. The number of aromatic nitrogens is 3. The number of rotatable bonds is 6. The molecule has 2 heterocycles. The molecule has 0 atom stereocenters. The fourth-order valence-corrected chi connectivity index (χ4v) is 2.35. The van der Waals surface area contributed by atoms with E-state index in [4.69, 9.17) is 9.26 Å². The Balaban J connectivity index is 1.82. The number of carbonyl (C=O) groups excluding carboxylic acids is 1. The van der Waals surface area contributed by atoms with Crippen LogP contribution in [0, 0.1) is 20.8 Å². The molecule has 0 radical (unpaired) electrons. The van der Waals surface area contributed by atoms with Crippen LogP contribution in [0.2, 0.25) is 0 Å². The van der Waals surface area contributed by atoms with Crippen LogP contribution >= 0.6 is 0 Å². The van der Waals surface area contributed by atoms with Crippen molar-refractivity contribution in [2.75, 3.05) is 19.0 Å². The van der Waals surface area contributed by atoms with Gasteiger partial charge in [-0.15, -0.1) is 5.10 Å². The monoisotopic (exact) mass is 321 g/mol. The molecule has 0 spiro atoms. The Morgan fingerprint density at radius 3 is 2.70 bits per heavy atom. The fraction of sp³-hybridized carbons (Fsp3) is 0.533. The van der Waals surface area contributed by atoms with Crippen LogP contribution in [0.3, 0.4) is 0 Å². The number of hydrogen-bond donors (Lipinski definition) is 2. The Morgan fingerprint density at radius 2 is 2.09 bits per heavy atom. The van der Waals surface area contributed by atoms with Crippen molar-refractivity contribution in [3.63, 3.8) is 0 Å². The van der Waals surface area contributed by atoms with Gasteiger partial charge in [-0.1, -0.05) is 5.16 Å². The lowest BCUT2D eigenvalue weighted by atomic mass is 10.1. The van der Waals surface area contributed by atoms with Crippen LogP contribution < -0.4 is 15.4 Å². The summed E-state index contributed by atoms with van der Waals surface area (Å²) in [6.45, 7) is 6.23.